The van der Waals surface area contributed by atoms with Gasteiger partial charge in [0.05, 0.1) is 32.5 Å². The Balaban J connectivity index is 1.27. The van der Waals surface area contributed by atoms with E-state index in [0.717, 1.165) is 57.8 Å². The molecular weight excluding hydrogens is 444 g/mol. The summed E-state index contributed by atoms with van der Waals surface area (Å²) in [5.41, 5.74) is 3.57. The molecule has 8 nitrogen and oxygen atoms in total. The molecule has 3 aromatic rings. The van der Waals surface area contributed by atoms with Crippen LogP contribution in [0.2, 0.25) is 0 Å². The molecule has 2 bridgehead atoms. The molecule has 2 fully saturated rings. The number of nitrogens with one attached hydrogen (secondary N) is 1. The zero-order valence-corrected chi connectivity index (χ0v) is 19.8. The van der Waals surface area contributed by atoms with Crippen LogP contribution in [0.5, 0.6) is 0 Å². The number of amides is 1. The van der Waals surface area contributed by atoms with Crippen molar-refractivity contribution in [2.24, 2.45) is 5.16 Å². The predicted molar refractivity (Wildman–Crippen MR) is 127 cm³/mol. The third kappa shape index (κ3) is 4.00. The van der Waals surface area contributed by atoms with E-state index in [4.69, 9.17) is 4.84 Å². The molecule has 5 rings (SSSR count). The van der Waals surface area contributed by atoms with E-state index in [-0.39, 0.29) is 18.0 Å². The van der Waals surface area contributed by atoms with Crippen molar-refractivity contribution in [2.75, 3.05) is 12.4 Å². The van der Waals surface area contributed by atoms with Gasteiger partial charge >= 0.3 is 0 Å². The van der Waals surface area contributed by atoms with Gasteiger partial charge in [0, 0.05) is 36.5 Å². The number of anilines is 2. The van der Waals surface area contributed by atoms with E-state index < -0.39 is 0 Å². The fourth-order valence-electron chi connectivity index (χ4n) is 4.58. The smallest absolute Gasteiger partial charge is 0.255 e. The zero-order valence-electron chi connectivity index (χ0n) is 18.2. The molecule has 2 aliphatic heterocycles. The first kappa shape index (κ1) is 21.0. The molecule has 0 radical (unpaired) electrons. The Kier molecular flexibility index (Phi) is 5.64. The van der Waals surface area contributed by atoms with Gasteiger partial charge in [-0.1, -0.05) is 5.16 Å². The standard InChI is InChI=1S/C22H24N6O2S2/c1-12-20(32-13(2)24-12)18-11-31-22(25-18)26-19-7-4-14(10-23-19)21(29)28-16-5-6-17(28)9-15(8-16)27-30-3/h4,7,10-11,16-17H,5-6,8-9H2,1-3H3,(H,23,25,26)/t16-,17+. The fraction of sp³-hybridized carbons (Fsp3) is 0.409. The van der Waals surface area contributed by atoms with Crippen LogP contribution in [0.4, 0.5) is 10.9 Å². The van der Waals surface area contributed by atoms with Crippen LogP contribution in [0.15, 0.2) is 28.9 Å². The summed E-state index contributed by atoms with van der Waals surface area (Å²) in [5, 5.41) is 11.2. The van der Waals surface area contributed by atoms with Crippen LogP contribution in [0, 0.1) is 13.8 Å². The number of aromatic nitrogens is 3. The molecule has 32 heavy (non-hydrogen) atoms. The second-order valence-corrected chi connectivity index (χ2v) is 10.1. The predicted octanol–water partition coefficient (Wildman–Crippen LogP) is 4.79. The molecule has 0 saturated carbocycles. The Morgan fingerprint density at radius 2 is 2.00 bits per heavy atom. The Bertz CT molecular complexity index is 1150. The number of rotatable bonds is 5. The minimum atomic E-state index is 0.0422. The molecule has 2 aliphatic rings. The number of aryl methyl sites for hydroxylation is 2. The molecule has 2 saturated heterocycles. The minimum absolute atomic E-state index is 0.0422. The van der Waals surface area contributed by atoms with Crippen LogP contribution in [0.1, 0.15) is 46.7 Å². The maximum Gasteiger partial charge on any atom is 0.255 e. The maximum absolute atomic E-state index is 13.2. The topological polar surface area (TPSA) is 92.6 Å². The normalized spacial score (nSPS) is 21.2. The summed E-state index contributed by atoms with van der Waals surface area (Å²) in [7, 11) is 1.57. The maximum atomic E-state index is 13.2. The van der Waals surface area contributed by atoms with Crippen LogP contribution < -0.4 is 5.32 Å². The van der Waals surface area contributed by atoms with Gasteiger partial charge in [0.25, 0.3) is 5.91 Å². The largest absolute Gasteiger partial charge is 0.399 e. The monoisotopic (exact) mass is 468 g/mol. The van der Waals surface area contributed by atoms with Crippen LogP contribution in [-0.4, -0.2) is 50.7 Å². The Hall–Kier alpha value is -2.85. The van der Waals surface area contributed by atoms with Crippen molar-refractivity contribution in [3.8, 4) is 10.6 Å². The lowest BCUT2D eigenvalue weighted by molar-refractivity contribution is 0.0653. The molecule has 0 spiro atoms. The van der Waals surface area contributed by atoms with E-state index in [0.29, 0.717) is 11.4 Å². The first-order chi connectivity index (χ1) is 15.5. The molecule has 3 aromatic heterocycles. The number of carbonyl (C=O) groups is 1. The summed E-state index contributed by atoms with van der Waals surface area (Å²) >= 11 is 3.17. The molecule has 2 atom stereocenters. The number of hydrogen-bond donors (Lipinski definition) is 1. The second kappa shape index (κ2) is 8.59. The highest BCUT2D eigenvalue weighted by Gasteiger charge is 2.42. The third-order valence-electron chi connectivity index (χ3n) is 5.90. The summed E-state index contributed by atoms with van der Waals surface area (Å²) < 4.78 is 0. The highest BCUT2D eigenvalue weighted by molar-refractivity contribution is 7.16. The van der Waals surface area contributed by atoms with Gasteiger partial charge in [-0.2, -0.15) is 0 Å². The number of hydrogen-bond acceptors (Lipinski definition) is 9. The molecule has 0 aromatic carbocycles. The number of carbonyl (C=O) groups excluding carboxylic acids is 1. The van der Waals surface area contributed by atoms with Crippen molar-refractivity contribution in [3.05, 3.63) is 40.0 Å². The van der Waals surface area contributed by atoms with Crippen molar-refractivity contribution in [2.45, 2.75) is 51.6 Å². The van der Waals surface area contributed by atoms with Gasteiger partial charge in [0.1, 0.15) is 12.9 Å². The van der Waals surface area contributed by atoms with E-state index in [1.807, 2.05) is 36.3 Å². The Labute approximate surface area is 194 Å². The molecule has 5 heterocycles. The fourth-order valence-corrected chi connectivity index (χ4v) is 6.25. The molecule has 1 amide bonds. The summed E-state index contributed by atoms with van der Waals surface area (Å²) in [4.78, 5) is 34.8. The third-order valence-corrected chi connectivity index (χ3v) is 7.76. The lowest BCUT2D eigenvalue weighted by Gasteiger charge is -2.35. The molecule has 10 heteroatoms. The molecular formula is C22H24N6O2S2. The average Bonchev–Trinajstić information content (AvgIpc) is 3.44. The van der Waals surface area contributed by atoms with E-state index >= 15 is 0 Å². The molecule has 0 aliphatic carbocycles. The minimum Gasteiger partial charge on any atom is -0.399 e. The molecule has 1 N–H and O–H groups in total. The number of fused-ring (bicyclic) bond motifs is 2. The van der Waals surface area contributed by atoms with Gasteiger partial charge < -0.3 is 15.1 Å². The highest BCUT2D eigenvalue weighted by Crippen LogP contribution is 2.36. The average molecular weight is 469 g/mol. The summed E-state index contributed by atoms with van der Waals surface area (Å²) in [6.45, 7) is 4.00. The Morgan fingerprint density at radius 1 is 1.22 bits per heavy atom. The summed E-state index contributed by atoms with van der Waals surface area (Å²) in [5.74, 6) is 0.705. The first-order valence-corrected chi connectivity index (χ1v) is 12.3. The van der Waals surface area contributed by atoms with Crippen molar-refractivity contribution in [1.29, 1.82) is 0 Å². The van der Waals surface area contributed by atoms with Crippen molar-refractivity contribution >= 4 is 45.2 Å². The van der Waals surface area contributed by atoms with Gasteiger partial charge in [-0.15, -0.1) is 22.7 Å². The Morgan fingerprint density at radius 3 is 2.62 bits per heavy atom. The van der Waals surface area contributed by atoms with Crippen LogP contribution in [0.3, 0.4) is 0 Å². The second-order valence-electron chi connectivity index (χ2n) is 8.09. The van der Waals surface area contributed by atoms with Crippen molar-refractivity contribution in [3.63, 3.8) is 0 Å². The quantitative estimate of drug-likeness (QED) is 0.541. The van der Waals surface area contributed by atoms with E-state index in [1.54, 1.807) is 24.6 Å². The van der Waals surface area contributed by atoms with Crippen molar-refractivity contribution in [1.82, 2.24) is 19.9 Å². The van der Waals surface area contributed by atoms with Gasteiger partial charge in [0.2, 0.25) is 0 Å². The summed E-state index contributed by atoms with van der Waals surface area (Å²) in [6, 6.07) is 4.06. The van der Waals surface area contributed by atoms with Crippen molar-refractivity contribution < 1.29 is 9.63 Å². The van der Waals surface area contributed by atoms with Crippen LogP contribution in [0.25, 0.3) is 10.6 Å². The van der Waals surface area contributed by atoms with Gasteiger partial charge in [0.15, 0.2) is 5.13 Å². The van der Waals surface area contributed by atoms with E-state index in [1.165, 1.54) is 11.3 Å². The number of oxime groups is 1. The zero-order chi connectivity index (χ0) is 22.2. The lowest BCUT2D eigenvalue weighted by Crippen LogP contribution is -2.46. The van der Waals surface area contributed by atoms with Gasteiger partial charge in [-0.25, -0.2) is 15.0 Å². The SMILES string of the molecule is CON=C1C[C@H]2CC[C@@H](C1)N2C(=O)c1ccc(Nc2nc(-c3sc(C)nc3C)cs2)nc1. The number of pyridine rings is 1. The van der Waals surface area contributed by atoms with E-state index in [2.05, 4.69) is 25.4 Å². The number of piperidine rings is 1. The molecule has 0 unspecified atom stereocenters. The van der Waals surface area contributed by atoms with Gasteiger partial charge in [-0.05, 0) is 38.8 Å². The summed E-state index contributed by atoms with van der Waals surface area (Å²) in [6.07, 6.45) is 5.24. The van der Waals surface area contributed by atoms with Crippen LogP contribution in [-0.2, 0) is 4.84 Å². The van der Waals surface area contributed by atoms with E-state index in [9.17, 15) is 4.79 Å². The lowest BCUT2D eigenvalue weighted by atomic mass is 9.99. The van der Waals surface area contributed by atoms with Gasteiger partial charge in [-0.3, -0.25) is 4.79 Å². The highest BCUT2D eigenvalue weighted by atomic mass is 32.1. The number of nitrogens with zero attached hydrogens (tertiary/aromatic N) is 5. The first-order valence-electron chi connectivity index (χ1n) is 10.6. The number of thiazole rings is 2. The molecule has 166 valence electrons. The van der Waals surface area contributed by atoms with Crippen LogP contribution >= 0.6 is 22.7 Å².